The summed E-state index contributed by atoms with van der Waals surface area (Å²) in [5, 5.41) is 8.94. The normalized spacial score (nSPS) is 25.6. The smallest absolute Gasteiger partial charge is 0.144 e. The third-order valence-corrected chi connectivity index (χ3v) is 3.14. The molecule has 0 aliphatic carbocycles. The summed E-state index contributed by atoms with van der Waals surface area (Å²) >= 11 is 0. The molecule has 2 unspecified atom stereocenters. The van der Waals surface area contributed by atoms with Gasteiger partial charge in [0.2, 0.25) is 0 Å². The molecule has 1 fully saturated rings. The minimum Gasteiger partial charge on any atom is -0.326 e. The van der Waals surface area contributed by atoms with Crippen LogP contribution in [-0.4, -0.2) is 29.0 Å². The predicted molar refractivity (Wildman–Crippen MR) is 61.4 cm³/mol. The molecule has 0 bridgehead atoms. The van der Waals surface area contributed by atoms with Crippen molar-refractivity contribution in [3.05, 3.63) is 29.6 Å². The van der Waals surface area contributed by atoms with Gasteiger partial charge in [0.15, 0.2) is 0 Å². The van der Waals surface area contributed by atoms with Crippen molar-refractivity contribution >= 4 is 0 Å². The predicted octanol–water partition coefficient (Wildman–Crippen LogP) is 0.732. The van der Waals surface area contributed by atoms with E-state index in [9.17, 15) is 0 Å². The number of pyridine rings is 1. The summed E-state index contributed by atoms with van der Waals surface area (Å²) in [7, 11) is 0. The van der Waals surface area contributed by atoms with Crippen LogP contribution in [0.25, 0.3) is 0 Å². The van der Waals surface area contributed by atoms with E-state index in [0.717, 1.165) is 25.2 Å². The van der Waals surface area contributed by atoms with E-state index >= 15 is 0 Å². The zero-order chi connectivity index (χ0) is 11.5. The summed E-state index contributed by atoms with van der Waals surface area (Å²) in [6, 6.07) is 6.20. The summed E-state index contributed by atoms with van der Waals surface area (Å²) in [5.41, 5.74) is 7.49. The fraction of sp³-hybridized carbons (Fsp3) is 0.500. The van der Waals surface area contributed by atoms with Crippen LogP contribution < -0.4 is 5.73 Å². The van der Waals surface area contributed by atoms with E-state index in [4.69, 9.17) is 11.0 Å². The molecule has 1 aliphatic heterocycles. The van der Waals surface area contributed by atoms with Crippen molar-refractivity contribution in [2.75, 3.05) is 13.1 Å². The molecule has 4 heteroatoms. The topological polar surface area (TPSA) is 65.9 Å². The standard InChI is InChI=1S/C12H16N4/c1-9-6-16(8-11(9)14)7-10-3-2-4-15-12(10)5-13/h2-4,9,11H,6-8,14H2,1H3. The number of likely N-dealkylation sites (tertiary alicyclic amines) is 1. The number of hydrogen-bond acceptors (Lipinski definition) is 4. The van der Waals surface area contributed by atoms with E-state index in [2.05, 4.69) is 22.9 Å². The Kier molecular flexibility index (Phi) is 3.18. The Morgan fingerprint density at radius 2 is 2.44 bits per heavy atom. The second-order valence-electron chi connectivity index (χ2n) is 4.46. The van der Waals surface area contributed by atoms with E-state index in [-0.39, 0.29) is 6.04 Å². The minimum absolute atomic E-state index is 0.252. The van der Waals surface area contributed by atoms with Crippen molar-refractivity contribution in [2.24, 2.45) is 11.7 Å². The molecule has 4 nitrogen and oxygen atoms in total. The SMILES string of the molecule is CC1CN(Cc2cccnc2C#N)CC1N. The second kappa shape index (κ2) is 4.60. The molecule has 0 aromatic carbocycles. The molecule has 0 radical (unpaired) electrons. The highest BCUT2D eigenvalue weighted by molar-refractivity contribution is 5.30. The quantitative estimate of drug-likeness (QED) is 0.791. The van der Waals surface area contributed by atoms with Crippen LogP contribution in [-0.2, 0) is 6.54 Å². The van der Waals surface area contributed by atoms with Gasteiger partial charge in [0.1, 0.15) is 11.8 Å². The van der Waals surface area contributed by atoms with Gasteiger partial charge in [-0.3, -0.25) is 4.90 Å². The Morgan fingerprint density at radius 3 is 3.06 bits per heavy atom. The van der Waals surface area contributed by atoms with Gasteiger partial charge in [-0.15, -0.1) is 0 Å². The van der Waals surface area contributed by atoms with Crippen molar-refractivity contribution in [2.45, 2.75) is 19.5 Å². The summed E-state index contributed by atoms with van der Waals surface area (Å²) in [5.74, 6) is 0.530. The molecule has 0 spiro atoms. The summed E-state index contributed by atoms with van der Waals surface area (Å²) in [6.45, 7) is 4.84. The number of hydrogen-bond donors (Lipinski definition) is 1. The molecule has 84 valence electrons. The summed E-state index contributed by atoms with van der Waals surface area (Å²) in [6.07, 6.45) is 1.65. The van der Waals surface area contributed by atoms with Gasteiger partial charge in [0.25, 0.3) is 0 Å². The fourth-order valence-corrected chi connectivity index (χ4v) is 2.13. The third-order valence-electron chi connectivity index (χ3n) is 3.14. The van der Waals surface area contributed by atoms with Crippen molar-refractivity contribution in [3.8, 4) is 6.07 Å². The van der Waals surface area contributed by atoms with Crippen LogP contribution in [0.5, 0.6) is 0 Å². The van der Waals surface area contributed by atoms with Crippen LogP contribution in [0.1, 0.15) is 18.2 Å². The third kappa shape index (κ3) is 2.21. The average Bonchev–Trinajstić information content (AvgIpc) is 2.59. The van der Waals surface area contributed by atoms with Crippen LogP contribution in [0.15, 0.2) is 18.3 Å². The van der Waals surface area contributed by atoms with Gasteiger partial charge in [0, 0.05) is 37.4 Å². The highest BCUT2D eigenvalue weighted by atomic mass is 15.2. The van der Waals surface area contributed by atoms with Gasteiger partial charge in [-0.1, -0.05) is 13.0 Å². The maximum absolute atomic E-state index is 8.94. The van der Waals surface area contributed by atoms with Gasteiger partial charge < -0.3 is 5.73 Å². The van der Waals surface area contributed by atoms with E-state index in [1.807, 2.05) is 12.1 Å². The van der Waals surface area contributed by atoms with E-state index < -0.39 is 0 Å². The molecule has 1 aromatic rings. The monoisotopic (exact) mass is 216 g/mol. The molecule has 2 rings (SSSR count). The average molecular weight is 216 g/mol. The number of rotatable bonds is 2. The number of nitriles is 1. The molecule has 1 aliphatic rings. The first kappa shape index (κ1) is 11.1. The Balaban J connectivity index is 2.08. The lowest BCUT2D eigenvalue weighted by atomic mass is 10.1. The lowest BCUT2D eigenvalue weighted by molar-refractivity contribution is 0.318. The highest BCUT2D eigenvalue weighted by Gasteiger charge is 2.26. The van der Waals surface area contributed by atoms with Crippen molar-refractivity contribution in [1.82, 2.24) is 9.88 Å². The van der Waals surface area contributed by atoms with Gasteiger partial charge in [0.05, 0.1) is 0 Å². The van der Waals surface area contributed by atoms with Gasteiger partial charge in [-0.25, -0.2) is 4.98 Å². The fourth-order valence-electron chi connectivity index (χ4n) is 2.13. The van der Waals surface area contributed by atoms with Crippen LogP contribution in [0.2, 0.25) is 0 Å². The van der Waals surface area contributed by atoms with Crippen LogP contribution in [0.4, 0.5) is 0 Å². The summed E-state index contributed by atoms with van der Waals surface area (Å²) < 4.78 is 0. The zero-order valence-electron chi connectivity index (χ0n) is 9.43. The lowest BCUT2D eigenvalue weighted by Gasteiger charge is -2.15. The van der Waals surface area contributed by atoms with Crippen molar-refractivity contribution in [3.63, 3.8) is 0 Å². The number of nitrogens with zero attached hydrogens (tertiary/aromatic N) is 3. The molecule has 0 amide bonds. The van der Waals surface area contributed by atoms with Crippen molar-refractivity contribution < 1.29 is 0 Å². The first-order chi connectivity index (χ1) is 7.70. The van der Waals surface area contributed by atoms with E-state index in [0.29, 0.717) is 11.6 Å². The molecule has 2 N–H and O–H groups in total. The van der Waals surface area contributed by atoms with Gasteiger partial charge in [-0.05, 0) is 12.0 Å². The molecule has 16 heavy (non-hydrogen) atoms. The van der Waals surface area contributed by atoms with Crippen LogP contribution in [0.3, 0.4) is 0 Å². The molecule has 1 aromatic heterocycles. The Hall–Kier alpha value is -1.44. The Labute approximate surface area is 95.7 Å². The first-order valence-corrected chi connectivity index (χ1v) is 5.52. The molecular formula is C12H16N4. The van der Waals surface area contributed by atoms with E-state index in [1.165, 1.54) is 0 Å². The number of nitrogens with two attached hydrogens (primary N) is 1. The van der Waals surface area contributed by atoms with Crippen LogP contribution >= 0.6 is 0 Å². The molecule has 2 atom stereocenters. The second-order valence-corrected chi connectivity index (χ2v) is 4.46. The largest absolute Gasteiger partial charge is 0.326 e. The summed E-state index contributed by atoms with van der Waals surface area (Å²) in [4.78, 5) is 6.34. The zero-order valence-corrected chi connectivity index (χ0v) is 9.43. The Morgan fingerprint density at radius 1 is 1.62 bits per heavy atom. The molecular weight excluding hydrogens is 200 g/mol. The molecule has 0 saturated carbocycles. The van der Waals surface area contributed by atoms with Gasteiger partial charge in [-0.2, -0.15) is 5.26 Å². The molecule has 2 heterocycles. The van der Waals surface area contributed by atoms with Crippen molar-refractivity contribution in [1.29, 1.82) is 5.26 Å². The highest BCUT2D eigenvalue weighted by Crippen LogP contribution is 2.18. The molecule has 1 saturated heterocycles. The maximum atomic E-state index is 8.94. The van der Waals surface area contributed by atoms with E-state index in [1.54, 1.807) is 6.20 Å². The lowest BCUT2D eigenvalue weighted by Crippen LogP contribution is -2.28. The minimum atomic E-state index is 0.252. The van der Waals surface area contributed by atoms with Gasteiger partial charge >= 0.3 is 0 Å². The van der Waals surface area contributed by atoms with Crippen LogP contribution in [0, 0.1) is 17.2 Å². The number of aromatic nitrogens is 1. The Bertz CT molecular complexity index is 400. The first-order valence-electron chi connectivity index (χ1n) is 5.52. The maximum Gasteiger partial charge on any atom is 0.144 e.